The lowest BCUT2D eigenvalue weighted by molar-refractivity contribution is -0.136. The van der Waals surface area contributed by atoms with Crippen molar-refractivity contribution in [3.63, 3.8) is 0 Å². The predicted octanol–water partition coefficient (Wildman–Crippen LogP) is 4.31. The van der Waals surface area contributed by atoms with Crippen molar-refractivity contribution in [2.75, 3.05) is 13.7 Å². The number of carbonyl (C=O) groups excluding carboxylic acids is 1. The maximum Gasteiger partial charge on any atom is 0.305 e. The molecule has 1 amide bonds. The predicted molar refractivity (Wildman–Crippen MR) is 124 cm³/mol. The molecule has 0 aliphatic rings. The fourth-order valence-corrected chi connectivity index (χ4v) is 3.43. The van der Waals surface area contributed by atoms with Gasteiger partial charge in [-0.05, 0) is 55.3 Å². The van der Waals surface area contributed by atoms with Crippen LogP contribution in [0, 0.1) is 6.92 Å². The maximum atomic E-state index is 12.2. The molecule has 0 aliphatic carbocycles. The number of nitrogens with one attached hydrogen (secondary N) is 1. The Morgan fingerprint density at radius 2 is 1.82 bits per heavy atom. The topological polar surface area (TPSA) is 103 Å². The molecule has 1 atom stereocenters. The molecular formula is C25H29N3O5. The second kappa shape index (κ2) is 11.2. The number of amides is 1. The summed E-state index contributed by atoms with van der Waals surface area (Å²) in [7, 11) is 1.62. The Labute approximate surface area is 193 Å². The largest absolute Gasteiger partial charge is 0.486 e. The summed E-state index contributed by atoms with van der Waals surface area (Å²) in [6, 6.07) is 16.7. The van der Waals surface area contributed by atoms with Gasteiger partial charge in [0.25, 0.3) is 5.91 Å². The van der Waals surface area contributed by atoms with Crippen molar-refractivity contribution in [2.24, 2.45) is 0 Å². The minimum atomic E-state index is -0.947. The van der Waals surface area contributed by atoms with Gasteiger partial charge < -0.3 is 19.9 Å². The van der Waals surface area contributed by atoms with Crippen LogP contribution in [0.1, 0.15) is 53.9 Å². The average molecular weight is 452 g/mol. The fourth-order valence-electron chi connectivity index (χ4n) is 3.43. The minimum Gasteiger partial charge on any atom is -0.486 e. The van der Waals surface area contributed by atoms with Gasteiger partial charge in [-0.2, -0.15) is 5.10 Å². The number of rotatable bonds is 11. The Balaban J connectivity index is 1.69. The molecule has 0 saturated heterocycles. The number of hydrogen-bond acceptors (Lipinski definition) is 5. The molecule has 0 radical (unpaired) electrons. The van der Waals surface area contributed by atoms with E-state index in [9.17, 15) is 9.59 Å². The van der Waals surface area contributed by atoms with Crippen LogP contribution in [0.2, 0.25) is 0 Å². The number of carboxylic acids is 1. The molecule has 0 fully saturated rings. The molecule has 3 rings (SSSR count). The molecule has 33 heavy (non-hydrogen) atoms. The Morgan fingerprint density at radius 3 is 2.42 bits per heavy atom. The highest BCUT2D eigenvalue weighted by atomic mass is 16.5. The van der Waals surface area contributed by atoms with Gasteiger partial charge in [0.1, 0.15) is 11.9 Å². The van der Waals surface area contributed by atoms with Crippen molar-refractivity contribution in [3.8, 4) is 17.3 Å². The quantitative estimate of drug-likeness (QED) is 0.450. The van der Waals surface area contributed by atoms with E-state index in [1.54, 1.807) is 23.9 Å². The first-order valence-electron chi connectivity index (χ1n) is 10.9. The van der Waals surface area contributed by atoms with E-state index in [1.807, 2.05) is 49.4 Å². The van der Waals surface area contributed by atoms with Crippen LogP contribution in [0.5, 0.6) is 11.6 Å². The number of hydrogen-bond donors (Lipinski definition) is 2. The number of carboxylic acid groups (broad SMARTS) is 1. The summed E-state index contributed by atoms with van der Waals surface area (Å²) in [6.07, 6.45) is 1.48. The molecule has 2 N–H and O–H groups in total. The van der Waals surface area contributed by atoms with E-state index >= 15 is 0 Å². The molecule has 8 heteroatoms. The van der Waals surface area contributed by atoms with E-state index in [0.29, 0.717) is 11.4 Å². The lowest BCUT2D eigenvalue weighted by Crippen LogP contribution is -2.26. The summed E-state index contributed by atoms with van der Waals surface area (Å²) in [5, 5.41) is 15.8. The summed E-state index contributed by atoms with van der Waals surface area (Å²) in [6.45, 7) is 4.10. The molecule has 1 aromatic heterocycles. The van der Waals surface area contributed by atoms with Gasteiger partial charge in [-0.25, -0.2) is 4.68 Å². The maximum absolute atomic E-state index is 12.2. The summed E-state index contributed by atoms with van der Waals surface area (Å²) in [4.78, 5) is 22.8. The van der Waals surface area contributed by atoms with E-state index in [4.69, 9.17) is 14.6 Å². The van der Waals surface area contributed by atoms with Crippen molar-refractivity contribution in [2.45, 2.75) is 39.2 Å². The van der Waals surface area contributed by atoms with E-state index in [2.05, 4.69) is 17.3 Å². The Morgan fingerprint density at radius 1 is 1.12 bits per heavy atom. The minimum absolute atomic E-state index is 0.0947. The summed E-state index contributed by atoms with van der Waals surface area (Å²) in [5.74, 6) is 0.153. The standard InChI is InChI=1S/C25H29N3O5/c1-4-5-22(18-6-8-19(9-7-18)25(31)26-15-14-24(29)30)33-21-12-10-20(11-13-21)28-23(32-3)16-17(2)27-28/h6-13,16,22H,4-5,14-15H2,1-3H3,(H,26,31)(H,29,30). The van der Waals surface area contributed by atoms with E-state index < -0.39 is 5.97 Å². The monoisotopic (exact) mass is 451 g/mol. The summed E-state index contributed by atoms with van der Waals surface area (Å²) < 4.78 is 13.4. The number of carbonyl (C=O) groups is 2. The van der Waals surface area contributed by atoms with Gasteiger partial charge in [0.05, 0.1) is 24.9 Å². The second-order valence-electron chi connectivity index (χ2n) is 7.65. The van der Waals surface area contributed by atoms with Crippen molar-refractivity contribution in [1.29, 1.82) is 0 Å². The number of methoxy groups -OCH3 is 1. The van der Waals surface area contributed by atoms with Crippen LogP contribution in [0.4, 0.5) is 0 Å². The molecule has 8 nitrogen and oxygen atoms in total. The first kappa shape index (κ1) is 23.8. The van der Waals surface area contributed by atoms with Crippen LogP contribution < -0.4 is 14.8 Å². The van der Waals surface area contributed by atoms with Gasteiger partial charge in [0.15, 0.2) is 0 Å². The third-order valence-electron chi connectivity index (χ3n) is 5.09. The number of aromatic nitrogens is 2. The normalized spacial score (nSPS) is 11.6. The molecule has 3 aromatic rings. The van der Waals surface area contributed by atoms with E-state index in [1.165, 1.54) is 0 Å². The third-order valence-corrected chi connectivity index (χ3v) is 5.09. The lowest BCUT2D eigenvalue weighted by Gasteiger charge is -2.20. The van der Waals surface area contributed by atoms with E-state index in [-0.39, 0.29) is 25.0 Å². The fraction of sp³-hybridized carbons (Fsp3) is 0.320. The van der Waals surface area contributed by atoms with Gasteiger partial charge in [0, 0.05) is 18.2 Å². The van der Waals surface area contributed by atoms with Crippen LogP contribution in [0.25, 0.3) is 5.69 Å². The number of ether oxygens (including phenoxy) is 2. The SMILES string of the molecule is CCCC(Oc1ccc(-n2nc(C)cc2OC)cc1)c1ccc(C(=O)NCCC(=O)O)cc1. The Kier molecular flexibility index (Phi) is 8.07. The zero-order chi connectivity index (χ0) is 23.8. The van der Waals surface area contributed by atoms with Crippen molar-refractivity contribution < 1.29 is 24.2 Å². The second-order valence-corrected chi connectivity index (χ2v) is 7.65. The van der Waals surface area contributed by atoms with Crippen molar-refractivity contribution >= 4 is 11.9 Å². The molecule has 2 aromatic carbocycles. The molecule has 1 unspecified atom stereocenters. The van der Waals surface area contributed by atoms with Gasteiger partial charge in [-0.1, -0.05) is 25.5 Å². The van der Waals surface area contributed by atoms with Gasteiger partial charge in [-0.15, -0.1) is 0 Å². The molecule has 0 aliphatic heterocycles. The summed E-state index contributed by atoms with van der Waals surface area (Å²) in [5.41, 5.74) is 3.19. The molecule has 1 heterocycles. The number of aliphatic carboxylic acids is 1. The van der Waals surface area contributed by atoms with Crippen LogP contribution in [0.15, 0.2) is 54.6 Å². The molecule has 174 valence electrons. The van der Waals surface area contributed by atoms with Gasteiger partial charge in [-0.3, -0.25) is 9.59 Å². The first-order valence-corrected chi connectivity index (χ1v) is 10.9. The highest BCUT2D eigenvalue weighted by Gasteiger charge is 2.15. The summed E-state index contributed by atoms with van der Waals surface area (Å²) >= 11 is 0. The molecule has 0 saturated carbocycles. The molecule has 0 spiro atoms. The Hall–Kier alpha value is -3.81. The van der Waals surface area contributed by atoms with Crippen molar-refractivity contribution in [1.82, 2.24) is 15.1 Å². The average Bonchev–Trinajstić information content (AvgIpc) is 3.20. The number of nitrogens with zero attached hydrogens (tertiary/aromatic N) is 2. The van der Waals surface area contributed by atoms with Crippen molar-refractivity contribution in [3.05, 3.63) is 71.4 Å². The van der Waals surface area contributed by atoms with Crippen LogP contribution in [-0.2, 0) is 4.79 Å². The van der Waals surface area contributed by atoms with Gasteiger partial charge in [0.2, 0.25) is 5.88 Å². The smallest absolute Gasteiger partial charge is 0.305 e. The lowest BCUT2D eigenvalue weighted by atomic mass is 10.0. The first-order chi connectivity index (χ1) is 15.9. The zero-order valence-corrected chi connectivity index (χ0v) is 19.1. The number of benzene rings is 2. The van der Waals surface area contributed by atoms with Crippen LogP contribution >= 0.6 is 0 Å². The van der Waals surface area contributed by atoms with Crippen LogP contribution in [0.3, 0.4) is 0 Å². The van der Waals surface area contributed by atoms with Crippen LogP contribution in [-0.4, -0.2) is 40.4 Å². The zero-order valence-electron chi connectivity index (χ0n) is 19.1. The highest BCUT2D eigenvalue weighted by Crippen LogP contribution is 2.28. The molecule has 0 bridgehead atoms. The van der Waals surface area contributed by atoms with E-state index in [0.717, 1.165) is 35.5 Å². The third kappa shape index (κ3) is 6.35. The van der Waals surface area contributed by atoms with Gasteiger partial charge >= 0.3 is 5.97 Å². The number of aryl methyl sites for hydroxylation is 1. The highest BCUT2D eigenvalue weighted by molar-refractivity contribution is 5.94. The molecular weight excluding hydrogens is 422 g/mol. The Bertz CT molecular complexity index is 1070.